The summed E-state index contributed by atoms with van der Waals surface area (Å²) in [6, 6.07) is 0.745. The molecule has 9 nitrogen and oxygen atoms in total. The maximum atomic E-state index is 12.3. The third-order valence-corrected chi connectivity index (χ3v) is 3.67. The number of aromatic nitrogens is 4. The van der Waals surface area contributed by atoms with Gasteiger partial charge in [0.2, 0.25) is 5.13 Å². The van der Waals surface area contributed by atoms with E-state index in [9.17, 15) is 9.59 Å². The summed E-state index contributed by atoms with van der Waals surface area (Å²) < 4.78 is 1.63. The number of aryl methyl sites for hydroxylation is 1. The lowest BCUT2D eigenvalue weighted by Crippen LogP contribution is -2.43. The number of carbonyl (C=O) groups excluding carboxylic acids is 2. The molecule has 1 aliphatic rings. The van der Waals surface area contributed by atoms with E-state index in [1.54, 1.807) is 28.9 Å². The lowest BCUT2D eigenvalue weighted by Gasteiger charge is -2.14. The van der Waals surface area contributed by atoms with Gasteiger partial charge in [0.1, 0.15) is 11.6 Å². The van der Waals surface area contributed by atoms with Crippen molar-refractivity contribution < 1.29 is 9.59 Å². The molecule has 1 saturated heterocycles. The standard InChI is InChI=1S/C11H13N7O2S/c1-17-4-3-8(16-17)18-5-2-7(9(18)19)13-10(20)14-11-15-12-6-21-11/h3-4,6-7H,2,5H2,1H3,(H2,13,14,15,20). The molecule has 1 fully saturated rings. The van der Waals surface area contributed by atoms with Crippen LogP contribution in [0.4, 0.5) is 15.7 Å². The Morgan fingerprint density at radius 2 is 2.38 bits per heavy atom. The highest BCUT2D eigenvalue weighted by Gasteiger charge is 2.34. The second kappa shape index (κ2) is 5.48. The normalized spacial score (nSPS) is 18.0. The molecule has 1 aliphatic heterocycles. The molecule has 1 unspecified atom stereocenters. The number of anilines is 2. The third kappa shape index (κ3) is 2.84. The Labute approximate surface area is 124 Å². The van der Waals surface area contributed by atoms with Gasteiger partial charge in [-0.05, 0) is 6.42 Å². The second-order valence-electron chi connectivity index (χ2n) is 4.52. The van der Waals surface area contributed by atoms with Crippen LogP contribution >= 0.6 is 11.3 Å². The van der Waals surface area contributed by atoms with Crippen LogP contribution in [0.15, 0.2) is 17.8 Å². The summed E-state index contributed by atoms with van der Waals surface area (Å²) in [5.41, 5.74) is 1.51. The molecule has 2 aromatic rings. The van der Waals surface area contributed by atoms with E-state index in [-0.39, 0.29) is 5.91 Å². The third-order valence-electron chi connectivity index (χ3n) is 3.07. The van der Waals surface area contributed by atoms with Crippen molar-refractivity contribution >= 4 is 34.2 Å². The van der Waals surface area contributed by atoms with Crippen LogP contribution in [-0.2, 0) is 11.8 Å². The van der Waals surface area contributed by atoms with E-state index in [0.717, 1.165) is 0 Å². The van der Waals surface area contributed by atoms with Crippen LogP contribution < -0.4 is 15.5 Å². The molecule has 110 valence electrons. The minimum absolute atomic E-state index is 0.166. The Morgan fingerprint density at radius 3 is 3.05 bits per heavy atom. The van der Waals surface area contributed by atoms with Gasteiger partial charge in [0.15, 0.2) is 5.82 Å². The zero-order valence-corrected chi connectivity index (χ0v) is 12.0. The maximum Gasteiger partial charge on any atom is 0.321 e. The van der Waals surface area contributed by atoms with E-state index in [4.69, 9.17) is 0 Å². The maximum absolute atomic E-state index is 12.3. The molecule has 1 atom stereocenters. The van der Waals surface area contributed by atoms with Crippen LogP contribution in [0, 0.1) is 0 Å². The molecule has 0 saturated carbocycles. The second-order valence-corrected chi connectivity index (χ2v) is 5.35. The van der Waals surface area contributed by atoms with Crippen LogP contribution in [0.2, 0.25) is 0 Å². The van der Waals surface area contributed by atoms with Crippen molar-refractivity contribution in [2.24, 2.45) is 7.05 Å². The fraction of sp³-hybridized carbons (Fsp3) is 0.364. The van der Waals surface area contributed by atoms with E-state index in [1.165, 1.54) is 16.8 Å². The van der Waals surface area contributed by atoms with Gasteiger partial charge in [-0.3, -0.25) is 19.7 Å². The smallest absolute Gasteiger partial charge is 0.321 e. The van der Waals surface area contributed by atoms with Crippen molar-refractivity contribution in [2.75, 3.05) is 16.8 Å². The number of hydrogen-bond acceptors (Lipinski definition) is 6. The Kier molecular flexibility index (Phi) is 3.52. The van der Waals surface area contributed by atoms with Gasteiger partial charge in [0.25, 0.3) is 5.91 Å². The molecule has 3 heterocycles. The molecular weight excluding hydrogens is 294 g/mol. The summed E-state index contributed by atoms with van der Waals surface area (Å²) in [6.07, 6.45) is 2.31. The van der Waals surface area contributed by atoms with E-state index < -0.39 is 12.1 Å². The minimum atomic E-state index is -0.556. The monoisotopic (exact) mass is 307 g/mol. The molecule has 21 heavy (non-hydrogen) atoms. The van der Waals surface area contributed by atoms with Gasteiger partial charge in [0, 0.05) is 25.9 Å². The van der Waals surface area contributed by atoms with E-state index in [2.05, 4.69) is 25.9 Å². The van der Waals surface area contributed by atoms with Crippen LogP contribution in [0.3, 0.4) is 0 Å². The van der Waals surface area contributed by atoms with Gasteiger partial charge in [0.05, 0.1) is 0 Å². The summed E-state index contributed by atoms with van der Waals surface area (Å²) >= 11 is 1.21. The van der Waals surface area contributed by atoms with Gasteiger partial charge in [-0.25, -0.2) is 4.79 Å². The molecule has 0 radical (unpaired) electrons. The number of amides is 3. The zero-order chi connectivity index (χ0) is 14.8. The highest BCUT2D eigenvalue weighted by molar-refractivity contribution is 7.13. The van der Waals surface area contributed by atoms with Crippen LogP contribution in [0.1, 0.15) is 6.42 Å². The Balaban J connectivity index is 1.60. The molecule has 2 aromatic heterocycles. The number of hydrogen-bond donors (Lipinski definition) is 2. The van der Waals surface area contributed by atoms with Crippen LogP contribution in [-0.4, -0.2) is 44.5 Å². The number of rotatable bonds is 3. The first kappa shape index (κ1) is 13.5. The number of nitrogens with one attached hydrogen (secondary N) is 2. The van der Waals surface area contributed by atoms with Gasteiger partial charge >= 0.3 is 6.03 Å². The molecule has 0 spiro atoms. The lowest BCUT2D eigenvalue weighted by atomic mass is 10.2. The summed E-state index contributed by atoms with van der Waals surface area (Å²) in [7, 11) is 1.79. The molecule has 2 N–H and O–H groups in total. The minimum Gasteiger partial charge on any atom is -0.326 e. The van der Waals surface area contributed by atoms with E-state index in [1.807, 2.05) is 0 Å². The molecule has 3 rings (SSSR count). The van der Waals surface area contributed by atoms with E-state index in [0.29, 0.717) is 23.9 Å². The van der Waals surface area contributed by atoms with Gasteiger partial charge in [-0.15, -0.1) is 10.2 Å². The van der Waals surface area contributed by atoms with Crippen molar-refractivity contribution in [3.05, 3.63) is 17.8 Å². The van der Waals surface area contributed by atoms with E-state index >= 15 is 0 Å². The molecule has 0 aliphatic carbocycles. The lowest BCUT2D eigenvalue weighted by molar-refractivity contribution is -0.118. The van der Waals surface area contributed by atoms with Crippen molar-refractivity contribution in [3.8, 4) is 0 Å². The number of nitrogens with zero attached hydrogens (tertiary/aromatic N) is 5. The fourth-order valence-electron chi connectivity index (χ4n) is 2.11. The Hall–Kier alpha value is -2.49. The predicted molar refractivity (Wildman–Crippen MR) is 76.0 cm³/mol. The Bertz CT molecular complexity index is 653. The molecule has 3 amide bonds. The van der Waals surface area contributed by atoms with Crippen molar-refractivity contribution in [1.29, 1.82) is 0 Å². The number of carbonyl (C=O) groups is 2. The van der Waals surface area contributed by atoms with Gasteiger partial charge < -0.3 is 5.32 Å². The van der Waals surface area contributed by atoms with Gasteiger partial charge in [-0.2, -0.15) is 5.10 Å². The largest absolute Gasteiger partial charge is 0.326 e. The molecule has 0 bridgehead atoms. The van der Waals surface area contributed by atoms with Crippen molar-refractivity contribution in [2.45, 2.75) is 12.5 Å². The van der Waals surface area contributed by atoms with Crippen LogP contribution in [0.5, 0.6) is 0 Å². The highest BCUT2D eigenvalue weighted by atomic mass is 32.1. The molecular formula is C11H13N7O2S. The fourth-order valence-corrected chi connectivity index (χ4v) is 2.55. The van der Waals surface area contributed by atoms with Crippen LogP contribution in [0.25, 0.3) is 0 Å². The van der Waals surface area contributed by atoms with Crippen molar-refractivity contribution in [1.82, 2.24) is 25.3 Å². The first-order chi connectivity index (χ1) is 10.1. The van der Waals surface area contributed by atoms with Crippen molar-refractivity contribution in [3.63, 3.8) is 0 Å². The summed E-state index contributed by atoms with van der Waals surface area (Å²) in [6.45, 7) is 0.527. The first-order valence-corrected chi connectivity index (χ1v) is 7.16. The SMILES string of the molecule is Cn1ccc(N2CCC(NC(=O)Nc3nncs3)C2=O)n1. The topological polar surface area (TPSA) is 105 Å². The first-order valence-electron chi connectivity index (χ1n) is 6.28. The zero-order valence-electron chi connectivity index (χ0n) is 11.2. The van der Waals surface area contributed by atoms with Gasteiger partial charge in [-0.1, -0.05) is 11.3 Å². The average molecular weight is 307 g/mol. The average Bonchev–Trinajstić information content (AvgIpc) is 3.14. The predicted octanol–water partition coefficient (Wildman–Crippen LogP) is 0.199. The number of urea groups is 1. The highest BCUT2D eigenvalue weighted by Crippen LogP contribution is 2.19. The summed E-state index contributed by atoms with van der Waals surface area (Å²) in [4.78, 5) is 25.6. The molecule has 0 aromatic carbocycles. The summed E-state index contributed by atoms with van der Waals surface area (Å²) in [5, 5.41) is 17.1. The summed E-state index contributed by atoms with van der Waals surface area (Å²) in [5.74, 6) is 0.428. The molecule has 10 heteroatoms. The quantitative estimate of drug-likeness (QED) is 0.842. The Morgan fingerprint density at radius 1 is 1.52 bits per heavy atom.